The Hall–Kier alpha value is -6.23. The third kappa shape index (κ3) is 12.1. The fraction of sp³-hybridized carbons (Fsp3) is 0.509. The van der Waals surface area contributed by atoms with Gasteiger partial charge in [-0.15, -0.1) is 0 Å². The number of nitrogen functional groups attached to an aromatic ring is 1. The molecule has 1 unspecified atom stereocenters. The van der Waals surface area contributed by atoms with E-state index in [0.717, 1.165) is 103 Å². The van der Waals surface area contributed by atoms with Crippen LogP contribution in [0.4, 0.5) is 11.5 Å². The van der Waals surface area contributed by atoms with Crippen LogP contribution >= 0.6 is 0 Å². The van der Waals surface area contributed by atoms with Crippen LogP contribution in [0.2, 0.25) is 0 Å². The molecular weight excluding hydrogens is 895 g/mol. The lowest BCUT2D eigenvalue weighted by Crippen LogP contribution is -2.53. The lowest BCUT2D eigenvalue weighted by atomic mass is 9.91. The maximum atomic E-state index is 13.2. The number of para-hydroxylation sites is 1. The van der Waals surface area contributed by atoms with Crippen molar-refractivity contribution in [3.63, 3.8) is 0 Å². The van der Waals surface area contributed by atoms with Crippen molar-refractivity contribution in [2.75, 3.05) is 89.7 Å². The molecule has 1 atom stereocenters. The van der Waals surface area contributed by atoms with E-state index < -0.39 is 0 Å². The average Bonchev–Trinajstić information content (AvgIpc) is 3.91. The summed E-state index contributed by atoms with van der Waals surface area (Å²) in [6, 6.07) is 23.4. The molecule has 71 heavy (non-hydrogen) atoms. The van der Waals surface area contributed by atoms with E-state index in [0.29, 0.717) is 42.1 Å². The molecular formula is C55H73N11O5. The number of carbonyl (C=O) groups is 4. The van der Waals surface area contributed by atoms with Gasteiger partial charge in [0, 0.05) is 82.5 Å². The summed E-state index contributed by atoms with van der Waals surface area (Å²) in [5.41, 5.74) is 11.0. The van der Waals surface area contributed by atoms with Crippen LogP contribution in [-0.4, -0.2) is 149 Å². The van der Waals surface area contributed by atoms with Gasteiger partial charge in [0.1, 0.15) is 35.6 Å². The minimum atomic E-state index is -0.295. The predicted molar refractivity (Wildman–Crippen MR) is 279 cm³/mol. The highest BCUT2D eigenvalue weighted by Crippen LogP contribution is 2.37. The van der Waals surface area contributed by atoms with Crippen molar-refractivity contribution in [3.05, 3.63) is 90.3 Å². The lowest BCUT2D eigenvalue weighted by Gasteiger charge is -2.45. The molecule has 4 saturated heterocycles. The third-order valence-electron chi connectivity index (χ3n) is 15.0. The van der Waals surface area contributed by atoms with Crippen molar-refractivity contribution in [1.29, 1.82) is 0 Å². The van der Waals surface area contributed by atoms with Crippen LogP contribution in [0.3, 0.4) is 0 Å². The fourth-order valence-electron chi connectivity index (χ4n) is 11.1. The molecule has 0 bridgehead atoms. The first-order valence-corrected chi connectivity index (χ1v) is 26.0. The van der Waals surface area contributed by atoms with Gasteiger partial charge in [0.25, 0.3) is 11.8 Å². The smallest absolute Gasteiger partial charge is 0.261 e. The summed E-state index contributed by atoms with van der Waals surface area (Å²) < 4.78 is 8.14. The van der Waals surface area contributed by atoms with E-state index in [1.165, 1.54) is 69.9 Å². The maximum Gasteiger partial charge on any atom is 0.261 e. The van der Waals surface area contributed by atoms with E-state index in [4.69, 9.17) is 25.3 Å². The van der Waals surface area contributed by atoms with Crippen LogP contribution in [-0.2, 0) is 9.59 Å². The Kier molecular flexibility index (Phi) is 17.5. The average molecular weight is 968 g/mol. The number of benzene rings is 3. The first-order chi connectivity index (χ1) is 34.7. The van der Waals surface area contributed by atoms with Gasteiger partial charge in [-0.3, -0.25) is 19.3 Å². The van der Waals surface area contributed by atoms with Gasteiger partial charge in [-0.2, -0.15) is 5.10 Å². The van der Waals surface area contributed by atoms with Gasteiger partial charge in [0.05, 0.1) is 22.6 Å². The van der Waals surface area contributed by atoms with Crippen LogP contribution in [0.25, 0.3) is 22.3 Å². The molecule has 2 aromatic heterocycles. The molecule has 5 aromatic rings. The van der Waals surface area contributed by atoms with Crippen LogP contribution < -0.4 is 20.7 Å². The Morgan fingerprint density at radius 2 is 1.30 bits per heavy atom. The van der Waals surface area contributed by atoms with Crippen molar-refractivity contribution in [2.45, 2.75) is 84.2 Å². The molecule has 7 heterocycles. The van der Waals surface area contributed by atoms with Crippen LogP contribution in [0, 0.1) is 17.8 Å². The zero-order valence-corrected chi connectivity index (χ0v) is 42.1. The van der Waals surface area contributed by atoms with Gasteiger partial charge in [0.2, 0.25) is 6.41 Å². The first-order valence-electron chi connectivity index (χ1n) is 26.0. The molecule has 0 aliphatic carbocycles. The molecule has 16 heteroatoms. The minimum Gasteiger partial charge on any atom is -0.457 e. The van der Waals surface area contributed by atoms with E-state index in [1.807, 2.05) is 87.5 Å². The molecule has 5 aliphatic rings. The highest BCUT2D eigenvalue weighted by molar-refractivity contribution is 6.22. The molecule has 3 aromatic carbocycles. The molecule has 378 valence electrons. The predicted octanol–water partition coefficient (Wildman–Crippen LogP) is 7.42. The van der Waals surface area contributed by atoms with E-state index >= 15 is 0 Å². The number of fused-ring (bicyclic) bond motifs is 2. The van der Waals surface area contributed by atoms with E-state index in [9.17, 15) is 14.4 Å². The third-order valence-corrected chi connectivity index (χ3v) is 15.0. The number of likely N-dealkylation sites (tertiary alicyclic amines) is 3. The molecule has 3 amide bonds. The summed E-state index contributed by atoms with van der Waals surface area (Å²) >= 11 is 0. The Morgan fingerprint density at radius 1 is 0.732 bits per heavy atom. The number of amides is 3. The quantitative estimate of drug-likeness (QED) is 0.0739. The lowest BCUT2D eigenvalue weighted by molar-refractivity contribution is -0.109. The second kappa shape index (κ2) is 24.3. The van der Waals surface area contributed by atoms with E-state index in [2.05, 4.69) is 34.6 Å². The van der Waals surface area contributed by atoms with Gasteiger partial charge in [-0.1, -0.05) is 32.0 Å². The second-order valence-electron chi connectivity index (χ2n) is 19.7. The van der Waals surface area contributed by atoms with Crippen LogP contribution in [0.5, 0.6) is 11.5 Å². The van der Waals surface area contributed by atoms with Crippen molar-refractivity contribution >= 4 is 47.0 Å². The van der Waals surface area contributed by atoms with Crippen molar-refractivity contribution in [3.8, 4) is 22.8 Å². The van der Waals surface area contributed by atoms with Gasteiger partial charge in [-0.25, -0.2) is 14.6 Å². The number of ether oxygens (including phenoxy) is 1. The Morgan fingerprint density at radius 3 is 1.89 bits per heavy atom. The molecule has 3 N–H and O–H groups in total. The standard InChI is InChI=1S/C51H62N10O4.C2H5NO.C2H6/c1-35(6-5-27-62)60-50(63)44-14-11-41(28-45(44)51(60)64)59-32-38(33-59)31-57-23-17-36(18-24-57)29-56-21-15-37(16-22-56)30-58-25-19-40(20-26-58)61-49-46(48(52)53-34-54-49)47(55-61)39-9-12-43(13-10-39)65-42-7-3-2-4-8-42;1-3-2-4;1-2/h2-4,7-14,27-28,34-38,40H,5-6,15-26,29-33H2,1H3,(H2,52,53,54);2H,1H3,(H,3,4);1-2H3. The number of carbonyl (C=O) groups excluding carboxylic acids is 4. The van der Waals surface area contributed by atoms with Gasteiger partial charge >= 0.3 is 0 Å². The summed E-state index contributed by atoms with van der Waals surface area (Å²) in [6.45, 7) is 18.2. The topological polar surface area (TPSA) is 175 Å². The minimum absolute atomic E-state index is 0.241. The largest absolute Gasteiger partial charge is 0.457 e. The Labute approximate surface area is 418 Å². The number of aldehydes is 1. The van der Waals surface area contributed by atoms with Crippen LogP contribution in [0.15, 0.2) is 79.1 Å². The van der Waals surface area contributed by atoms with Crippen molar-refractivity contribution in [2.24, 2.45) is 17.8 Å². The highest BCUT2D eigenvalue weighted by Gasteiger charge is 2.40. The molecule has 0 saturated carbocycles. The normalized spacial score (nSPS) is 19.0. The van der Waals surface area contributed by atoms with Crippen molar-refractivity contribution in [1.82, 2.24) is 44.7 Å². The molecule has 0 radical (unpaired) electrons. The number of aromatic nitrogens is 4. The van der Waals surface area contributed by atoms with Gasteiger partial charge < -0.3 is 40.2 Å². The molecule has 0 spiro atoms. The number of anilines is 2. The fourth-order valence-corrected chi connectivity index (χ4v) is 11.1. The number of rotatable bonds is 16. The molecule has 10 rings (SSSR count). The summed E-state index contributed by atoms with van der Waals surface area (Å²) in [5.74, 6) is 3.67. The van der Waals surface area contributed by atoms with Gasteiger partial charge in [-0.05, 0) is 144 Å². The second-order valence-corrected chi connectivity index (χ2v) is 19.7. The number of nitrogens with two attached hydrogens (primary N) is 1. The van der Waals surface area contributed by atoms with E-state index in [1.54, 1.807) is 19.4 Å². The van der Waals surface area contributed by atoms with Gasteiger partial charge in [0.15, 0.2) is 5.65 Å². The first kappa shape index (κ1) is 51.1. The number of imide groups is 1. The van der Waals surface area contributed by atoms with Crippen LogP contribution in [0.1, 0.15) is 98.9 Å². The highest BCUT2D eigenvalue weighted by atomic mass is 16.5. The number of hydrogen-bond acceptors (Lipinski definition) is 13. The Bertz CT molecular complexity index is 2540. The summed E-state index contributed by atoms with van der Waals surface area (Å²) in [7, 11) is 1.56. The number of piperidine rings is 3. The maximum absolute atomic E-state index is 13.2. The monoisotopic (exact) mass is 968 g/mol. The Balaban J connectivity index is 0.00000107. The summed E-state index contributed by atoms with van der Waals surface area (Å²) in [6.07, 6.45) is 11.0. The molecule has 16 nitrogen and oxygen atoms in total. The van der Waals surface area contributed by atoms with Crippen molar-refractivity contribution < 1.29 is 23.9 Å². The summed E-state index contributed by atoms with van der Waals surface area (Å²) in [5, 5.41) is 8.22. The molecule has 4 fully saturated rings. The number of nitrogens with one attached hydrogen (secondary N) is 1. The van der Waals surface area contributed by atoms with E-state index in [-0.39, 0.29) is 23.9 Å². The SMILES string of the molecule is CC.CC(CCC=O)N1C(=O)c2ccc(N3CC(CN4CCC(CN5CCC(CN6CCC(n7nc(-c8ccc(Oc9ccccc9)cc8)c8c(N)ncnc87)CC6)CC5)CC4)C3)cc2C1=O.CNC=O. The number of hydrogen-bond donors (Lipinski definition) is 2. The zero-order valence-electron chi connectivity index (χ0n) is 42.1. The zero-order chi connectivity index (χ0) is 49.9. The summed E-state index contributed by atoms with van der Waals surface area (Å²) in [4.78, 5) is 66.9. The number of nitrogens with zero attached hydrogens (tertiary/aromatic N) is 9. The molecule has 5 aliphatic heterocycles.